The predicted octanol–water partition coefficient (Wildman–Crippen LogP) is 3.22. The van der Waals surface area contributed by atoms with Gasteiger partial charge in [-0.25, -0.2) is 4.98 Å². The molecule has 22 heavy (non-hydrogen) atoms. The van der Waals surface area contributed by atoms with Crippen LogP contribution in [0.2, 0.25) is 0 Å². The molecule has 0 amide bonds. The van der Waals surface area contributed by atoms with Crippen molar-refractivity contribution in [3.63, 3.8) is 0 Å². The van der Waals surface area contributed by atoms with Gasteiger partial charge in [0.2, 0.25) is 0 Å². The molecule has 0 bridgehead atoms. The normalized spacial score (nSPS) is 18.8. The smallest absolute Gasteiger partial charge is 0.138 e. The third kappa shape index (κ3) is 2.83. The number of rotatable bonds is 4. The lowest BCUT2D eigenvalue weighted by Crippen LogP contribution is -2.24. The summed E-state index contributed by atoms with van der Waals surface area (Å²) >= 11 is 0. The Morgan fingerprint density at radius 1 is 1.23 bits per heavy atom. The molecule has 4 rings (SSSR count). The van der Waals surface area contributed by atoms with Gasteiger partial charge >= 0.3 is 0 Å². The van der Waals surface area contributed by atoms with Gasteiger partial charge in [-0.15, -0.1) is 0 Å². The highest BCUT2D eigenvalue weighted by Gasteiger charge is 2.24. The van der Waals surface area contributed by atoms with Gasteiger partial charge in [0.1, 0.15) is 17.5 Å². The van der Waals surface area contributed by atoms with Crippen molar-refractivity contribution in [3.8, 4) is 5.75 Å². The monoisotopic (exact) mass is 293 g/mol. The molecule has 0 unspecified atom stereocenters. The molecule has 0 aliphatic carbocycles. The molecule has 0 radical (unpaired) electrons. The van der Waals surface area contributed by atoms with Crippen molar-refractivity contribution < 1.29 is 4.74 Å². The molecule has 3 aromatic rings. The van der Waals surface area contributed by atoms with Crippen molar-refractivity contribution in [1.29, 1.82) is 0 Å². The molecule has 1 atom stereocenters. The highest BCUT2D eigenvalue weighted by Crippen LogP contribution is 2.22. The van der Waals surface area contributed by atoms with Gasteiger partial charge in [0.05, 0.1) is 6.20 Å². The number of H-pyrrole nitrogens is 1. The van der Waals surface area contributed by atoms with Gasteiger partial charge in [-0.3, -0.25) is 4.90 Å². The van der Waals surface area contributed by atoms with Crippen molar-refractivity contribution in [3.05, 3.63) is 60.4 Å². The standard InChI is InChI=1S/C18H19N3O/c1-2-4-14(5-3-1)12-21-9-7-16(13-21)22-17-10-15-6-8-19-18(15)20-11-17/h1-6,8,10-11,16H,7,9,12-13H2,(H,19,20)/t16-/m0/s1. The van der Waals surface area contributed by atoms with Gasteiger partial charge in [0, 0.05) is 31.2 Å². The van der Waals surface area contributed by atoms with E-state index in [0.29, 0.717) is 0 Å². The first-order chi connectivity index (χ1) is 10.9. The number of likely N-dealkylation sites (tertiary alicyclic amines) is 1. The fourth-order valence-electron chi connectivity index (χ4n) is 3.06. The van der Waals surface area contributed by atoms with Crippen LogP contribution in [-0.4, -0.2) is 34.1 Å². The molecule has 1 aromatic carbocycles. The van der Waals surface area contributed by atoms with E-state index in [0.717, 1.165) is 42.8 Å². The van der Waals surface area contributed by atoms with Crippen molar-refractivity contribution in [2.24, 2.45) is 0 Å². The zero-order valence-corrected chi connectivity index (χ0v) is 12.4. The van der Waals surface area contributed by atoms with Gasteiger partial charge in [-0.1, -0.05) is 30.3 Å². The SMILES string of the molecule is c1ccc(CN2CC[C@H](Oc3cnc4[nH]ccc4c3)C2)cc1. The molecule has 4 heteroatoms. The maximum absolute atomic E-state index is 6.10. The number of ether oxygens (including phenoxy) is 1. The molecule has 3 heterocycles. The number of fused-ring (bicyclic) bond motifs is 1. The van der Waals surface area contributed by atoms with Crippen LogP contribution >= 0.6 is 0 Å². The van der Waals surface area contributed by atoms with Crippen LogP contribution in [-0.2, 0) is 6.54 Å². The van der Waals surface area contributed by atoms with Crippen LogP contribution < -0.4 is 4.74 Å². The first-order valence-corrected chi connectivity index (χ1v) is 7.73. The molecule has 0 spiro atoms. The summed E-state index contributed by atoms with van der Waals surface area (Å²) < 4.78 is 6.10. The van der Waals surface area contributed by atoms with E-state index >= 15 is 0 Å². The van der Waals surface area contributed by atoms with Crippen LogP contribution in [0.4, 0.5) is 0 Å². The maximum atomic E-state index is 6.10. The molecule has 0 saturated carbocycles. The van der Waals surface area contributed by atoms with E-state index in [1.807, 2.05) is 12.3 Å². The number of pyridine rings is 1. The van der Waals surface area contributed by atoms with Gasteiger partial charge in [-0.05, 0) is 24.1 Å². The molecule has 1 fully saturated rings. The van der Waals surface area contributed by atoms with Gasteiger partial charge < -0.3 is 9.72 Å². The minimum atomic E-state index is 0.252. The lowest BCUT2D eigenvalue weighted by Gasteiger charge is -2.17. The van der Waals surface area contributed by atoms with E-state index in [1.165, 1.54) is 5.56 Å². The van der Waals surface area contributed by atoms with Crippen LogP contribution in [0.15, 0.2) is 54.9 Å². The Kier molecular flexibility index (Phi) is 3.52. The van der Waals surface area contributed by atoms with Crippen molar-refractivity contribution >= 4 is 11.0 Å². The second-order valence-electron chi connectivity index (χ2n) is 5.84. The molecule has 1 aliphatic heterocycles. The minimum absolute atomic E-state index is 0.252. The van der Waals surface area contributed by atoms with E-state index in [-0.39, 0.29) is 6.10 Å². The van der Waals surface area contributed by atoms with Crippen LogP contribution in [0, 0.1) is 0 Å². The summed E-state index contributed by atoms with van der Waals surface area (Å²) in [5, 5.41) is 1.09. The number of hydrogen-bond donors (Lipinski definition) is 1. The van der Waals surface area contributed by atoms with Gasteiger partial charge in [-0.2, -0.15) is 0 Å². The lowest BCUT2D eigenvalue weighted by atomic mass is 10.2. The molecule has 1 aliphatic rings. The molecule has 112 valence electrons. The first kappa shape index (κ1) is 13.3. The quantitative estimate of drug-likeness (QED) is 0.803. The Hall–Kier alpha value is -2.33. The summed E-state index contributed by atoms with van der Waals surface area (Å²) in [4.78, 5) is 9.92. The zero-order valence-electron chi connectivity index (χ0n) is 12.4. The number of benzene rings is 1. The van der Waals surface area contributed by atoms with E-state index in [9.17, 15) is 0 Å². The summed E-state index contributed by atoms with van der Waals surface area (Å²) in [7, 11) is 0. The second-order valence-corrected chi connectivity index (χ2v) is 5.84. The molecular weight excluding hydrogens is 274 g/mol. The van der Waals surface area contributed by atoms with E-state index < -0.39 is 0 Å². The average molecular weight is 293 g/mol. The molecule has 4 nitrogen and oxygen atoms in total. The summed E-state index contributed by atoms with van der Waals surface area (Å²) in [5.41, 5.74) is 2.27. The Morgan fingerprint density at radius 3 is 3.05 bits per heavy atom. The fourth-order valence-corrected chi connectivity index (χ4v) is 3.06. The topological polar surface area (TPSA) is 41.1 Å². The second kappa shape index (κ2) is 5.81. The predicted molar refractivity (Wildman–Crippen MR) is 86.8 cm³/mol. The number of aromatic amines is 1. The Balaban J connectivity index is 1.38. The third-order valence-corrected chi connectivity index (χ3v) is 4.16. The Morgan fingerprint density at radius 2 is 2.14 bits per heavy atom. The largest absolute Gasteiger partial charge is 0.487 e. The Bertz CT molecular complexity index is 753. The summed E-state index contributed by atoms with van der Waals surface area (Å²) in [5.74, 6) is 0.860. The number of nitrogens with zero attached hydrogens (tertiary/aromatic N) is 2. The van der Waals surface area contributed by atoms with Crippen molar-refractivity contribution in [1.82, 2.24) is 14.9 Å². The molecule has 2 aromatic heterocycles. The number of nitrogens with one attached hydrogen (secondary N) is 1. The van der Waals surface area contributed by atoms with Crippen LogP contribution in [0.1, 0.15) is 12.0 Å². The number of hydrogen-bond acceptors (Lipinski definition) is 3. The Labute approximate surface area is 129 Å². The van der Waals surface area contributed by atoms with E-state index in [1.54, 1.807) is 6.20 Å². The van der Waals surface area contributed by atoms with E-state index in [4.69, 9.17) is 4.74 Å². The van der Waals surface area contributed by atoms with E-state index in [2.05, 4.69) is 51.3 Å². The van der Waals surface area contributed by atoms with Crippen LogP contribution in [0.25, 0.3) is 11.0 Å². The summed E-state index contributed by atoms with van der Waals surface area (Å²) in [6.45, 7) is 3.05. The van der Waals surface area contributed by atoms with Gasteiger partial charge in [0.25, 0.3) is 0 Å². The van der Waals surface area contributed by atoms with Gasteiger partial charge in [0.15, 0.2) is 0 Å². The van der Waals surface area contributed by atoms with Crippen molar-refractivity contribution in [2.75, 3.05) is 13.1 Å². The molecule has 1 N–H and O–H groups in total. The number of aromatic nitrogens is 2. The third-order valence-electron chi connectivity index (χ3n) is 4.16. The maximum Gasteiger partial charge on any atom is 0.138 e. The highest BCUT2D eigenvalue weighted by molar-refractivity contribution is 5.76. The fraction of sp³-hybridized carbons (Fsp3) is 0.278. The van der Waals surface area contributed by atoms with Crippen molar-refractivity contribution in [2.45, 2.75) is 19.1 Å². The summed E-state index contributed by atoms with van der Waals surface area (Å²) in [6, 6.07) is 14.7. The summed E-state index contributed by atoms with van der Waals surface area (Å²) in [6.07, 6.45) is 5.02. The minimum Gasteiger partial charge on any atom is -0.487 e. The average Bonchev–Trinajstić information content (AvgIpc) is 3.17. The molecule has 1 saturated heterocycles. The van der Waals surface area contributed by atoms with Crippen LogP contribution in [0.3, 0.4) is 0 Å². The van der Waals surface area contributed by atoms with Crippen LogP contribution in [0.5, 0.6) is 5.75 Å². The molecular formula is C18H19N3O. The zero-order chi connectivity index (χ0) is 14.8. The lowest BCUT2D eigenvalue weighted by molar-refractivity contribution is 0.198. The first-order valence-electron chi connectivity index (χ1n) is 7.73. The highest BCUT2D eigenvalue weighted by atomic mass is 16.5.